The van der Waals surface area contributed by atoms with Crippen molar-refractivity contribution in [3.63, 3.8) is 0 Å². The summed E-state index contributed by atoms with van der Waals surface area (Å²) in [6.07, 6.45) is 6.04. The summed E-state index contributed by atoms with van der Waals surface area (Å²) in [6, 6.07) is 13.4. The number of fused-ring (bicyclic) bond motifs is 2. The van der Waals surface area contributed by atoms with Gasteiger partial charge in [0.25, 0.3) is 0 Å². The number of aromatic nitrogens is 3. The van der Waals surface area contributed by atoms with Crippen LogP contribution in [-0.2, 0) is 16.1 Å². The lowest BCUT2D eigenvalue weighted by atomic mass is 10.00. The van der Waals surface area contributed by atoms with Gasteiger partial charge in [-0.05, 0) is 74.9 Å². The molecule has 3 aliphatic rings. The summed E-state index contributed by atoms with van der Waals surface area (Å²) in [6.45, 7) is 0.391. The van der Waals surface area contributed by atoms with Crippen LogP contribution in [0.4, 0.5) is 6.01 Å². The highest BCUT2D eigenvalue weighted by Gasteiger charge is 2.44. The number of carbonyl (C=O) groups is 1. The van der Waals surface area contributed by atoms with Gasteiger partial charge >= 0.3 is 12.0 Å². The summed E-state index contributed by atoms with van der Waals surface area (Å²) in [4.78, 5) is 14.0. The number of rotatable bonds is 8. The number of methoxy groups -OCH3 is 1. The van der Waals surface area contributed by atoms with Crippen LogP contribution in [0.3, 0.4) is 0 Å². The summed E-state index contributed by atoms with van der Waals surface area (Å²) in [7, 11) is 1.36. The van der Waals surface area contributed by atoms with E-state index in [4.69, 9.17) is 41.6 Å². The molecule has 2 saturated heterocycles. The lowest BCUT2D eigenvalue weighted by Crippen LogP contribution is -2.45. The van der Waals surface area contributed by atoms with Crippen molar-refractivity contribution in [2.75, 3.05) is 12.0 Å². The molecule has 2 bridgehead atoms. The number of halogens is 2. The highest BCUT2D eigenvalue weighted by Crippen LogP contribution is 2.47. The number of ether oxygens (including phenoxy) is 2. The summed E-state index contributed by atoms with van der Waals surface area (Å²) in [5, 5.41) is 14.1. The quantitative estimate of drug-likeness (QED) is 0.198. The topological polar surface area (TPSA) is 104 Å². The van der Waals surface area contributed by atoms with E-state index in [0.29, 0.717) is 51.3 Å². The van der Waals surface area contributed by atoms with Crippen LogP contribution in [0.15, 0.2) is 51.4 Å². The fourth-order valence-corrected chi connectivity index (χ4v) is 6.70. The number of hydrogen-bond acceptors (Lipinski definition) is 9. The zero-order valence-electron chi connectivity index (χ0n) is 22.4. The third kappa shape index (κ3) is 5.00. The zero-order valence-corrected chi connectivity index (χ0v) is 23.9. The number of carbonyl (C=O) groups excluding carboxylic acids is 1. The standard InChI is InChI=1S/C30H28Cl2N4O5/c1-38-29(37)18-9-7-17(8-10-18)28-33-34-30(40-28)36-19-11-12-20(36)14-21(13-19)39-15-22-26(35-41-27(22)16-5-6-16)25-23(31)3-2-4-24(25)32/h2-4,7-10,16,19-21H,5-6,11-15H2,1H3/t19-,20?,21?/m0/s1. The molecule has 0 spiro atoms. The fraction of sp³-hybridized carbons (Fsp3) is 0.400. The molecule has 2 aromatic heterocycles. The Bertz CT molecular complexity index is 1550. The molecule has 2 aliphatic heterocycles. The van der Waals surface area contributed by atoms with Gasteiger partial charge in [0.2, 0.25) is 5.89 Å². The number of anilines is 1. The van der Waals surface area contributed by atoms with Crippen molar-refractivity contribution in [1.29, 1.82) is 0 Å². The summed E-state index contributed by atoms with van der Waals surface area (Å²) in [5.41, 5.74) is 3.51. The molecule has 2 unspecified atom stereocenters. The average Bonchev–Trinajstić information content (AvgIpc) is 3.45. The molecular formula is C30H28Cl2N4O5. The van der Waals surface area contributed by atoms with Gasteiger partial charge in [-0.2, -0.15) is 0 Å². The van der Waals surface area contributed by atoms with E-state index in [2.05, 4.69) is 20.3 Å². The van der Waals surface area contributed by atoms with Gasteiger partial charge in [-0.3, -0.25) is 0 Å². The summed E-state index contributed by atoms with van der Waals surface area (Å²) >= 11 is 13.1. The first-order valence-corrected chi connectivity index (χ1v) is 14.6. The van der Waals surface area contributed by atoms with Crippen LogP contribution in [0.5, 0.6) is 0 Å². The average molecular weight is 595 g/mol. The van der Waals surface area contributed by atoms with E-state index in [0.717, 1.165) is 55.4 Å². The second-order valence-electron chi connectivity index (χ2n) is 10.9. The molecule has 1 saturated carbocycles. The number of benzene rings is 2. The van der Waals surface area contributed by atoms with E-state index in [-0.39, 0.29) is 24.2 Å². The predicted molar refractivity (Wildman–Crippen MR) is 152 cm³/mol. The minimum Gasteiger partial charge on any atom is -0.465 e. The third-order valence-corrected chi connectivity index (χ3v) is 8.94. The Kier molecular flexibility index (Phi) is 6.97. The minimum absolute atomic E-state index is 0.0773. The van der Waals surface area contributed by atoms with Crippen LogP contribution in [0.25, 0.3) is 22.7 Å². The van der Waals surface area contributed by atoms with Crippen molar-refractivity contribution in [2.45, 2.75) is 69.2 Å². The number of esters is 1. The van der Waals surface area contributed by atoms with E-state index >= 15 is 0 Å². The van der Waals surface area contributed by atoms with Gasteiger partial charge in [-0.1, -0.05) is 39.5 Å². The Hall–Kier alpha value is -3.40. The van der Waals surface area contributed by atoms with Gasteiger partial charge in [-0.25, -0.2) is 4.79 Å². The maximum atomic E-state index is 11.7. The molecule has 7 rings (SSSR count). The van der Waals surface area contributed by atoms with Gasteiger partial charge < -0.3 is 23.3 Å². The lowest BCUT2D eigenvalue weighted by Gasteiger charge is -2.37. The molecular weight excluding hydrogens is 567 g/mol. The Morgan fingerprint density at radius 1 is 1.00 bits per heavy atom. The molecule has 11 heteroatoms. The first-order valence-electron chi connectivity index (χ1n) is 13.8. The van der Waals surface area contributed by atoms with E-state index in [9.17, 15) is 4.79 Å². The molecule has 41 heavy (non-hydrogen) atoms. The molecule has 212 valence electrons. The molecule has 4 heterocycles. The molecule has 1 aliphatic carbocycles. The molecule has 3 fully saturated rings. The SMILES string of the molecule is COC(=O)c1ccc(-c2nnc(N3C4CC[C@H]3CC(OCc3c(-c5c(Cl)cccc5Cl)noc3C3CC3)C4)o2)cc1. The number of piperidine rings is 1. The molecule has 2 aromatic carbocycles. The van der Waals surface area contributed by atoms with Crippen LogP contribution < -0.4 is 4.90 Å². The van der Waals surface area contributed by atoms with Crippen molar-refractivity contribution >= 4 is 35.2 Å². The highest BCUT2D eigenvalue weighted by atomic mass is 35.5. The largest absolute Gasteiger partial charge is 0.465 e. The summed E-state index contributed by atoms with van der Waals surface area (Å²) in [5.74, 6) is 1.29. The normalized spacial score (nSPS) is 21.8. The van der Waals surface area contributed by atoms with E-state index in [1.54, 1.807) is 24.3 Å². The van der Waals surface area contributed by atoms with Crippen molar-refractivity contribution in [3.8, 4) is 22.7 Å². The molecule has 4 aromatic rings. The first kappa shape index (κ1) is 26.5. The van der Waals surface area contributed by atoms with E-state index in [1.807, 2.05) is 18.2 Å². The Balaban J connectivity index is 1.05. The van der Waals surface area contributed by atoms with Crippen molar-refractivity contribution in [2.24, 2.45) is 0 Å². The van der Waals surface area contributed by atoms with Gasteiger partial charge in [0.15, 0.2) is 0 Å². The van der Waals surface area contributed by atoms with Crippen LogP contribution in [-0.4, -0.2) is 46.6 Å². The highest BCUT2D eigenvalue weighted by molar-refractivity contribution is 6.39. The second-order valence-corrected chi connectivity index (χ2v) is 11.7. The van der Waals surface area contributed by atoms with Crippen LogP contribution in [0.2, 0.25) is 10.0 Å². The van der Waals surface area contributed by atoms with Gasteiger partial charge in [-0.15, -0.1) is 5.10 Å². The lowest BCUT2D eigenvalue weighted by molar-refractivity contribution is 0.0139. The van der Waals surface area contributed by atoms with Crippen molar-refractivity contribution < 1.29 is 23.2 Å². The molecule has 3 atom stereocenters. The van der Waals surface area contributed by atoms with Crippen molar-refractivity contribution in [3.05, 3.63) is 69.4 Å². The number of nitrogens with zero attached hydrogens (tertiary/aromatic N) is 4. The van der Waals surface area contributed by atoms with E-state index in [1.165, 1.54) is 7.11 Å². The predicted octanol–water partition coefficient (Wildman–Crippen LogP) is 7.08. The minimum atomic E-state index is -0.388. The van der Waals surface area contributed by atoms with Gasteiger partial charge in [0, 0.05) is 34.7 Å². The van der Waals surface area contributed by atoms with Gasteiger partial charge in [0.05, 0.1) is 35.4 Å². The van der Waals surface area contributed by atoms with Gasteiger partial charge in [0.1, 0.15) is 11.5 Å². The fourth-order valence-electron chi connectivity index (χ4n) is 6.13. The van der Waals surface area contributed by atoms with Crippen LogP contribution in [0.1, 0.15) is 66.1 Å². The van der Waals surface area contributed by atoms with E-state index < -0.39 is 0 Å². The smallest absolute Gasteiger partial charge is 0.337 e. The Labute approximate surface area is 246 Å². The second kappa shape index (κ2) is 10.8. The van der Waals surface area contributed by atoms with Crippen LogP contribution >= 0.6 is 23.2 Å². The third-order valence-electron chi connectivity index (χ3n) is 8.31. The Morgan fingerprint density at radius 2 is 1.71 bits per heavy atom. The van der Waals surface area contributed by atoms with Crippen LogP contribution in [0, 0.1) is 0 Å². The maximum absolute atomic E-state index is 11.7. The molecule has 0 amide bonds. The monoisotopic (exact) mass is 594 g/mol. The van der Waals surface area contributed by atoms with Crippen molar-refractivity contribution in [1.82, 2.24) is 15.4 Å². The molecule has 9 nitrogen and oxygen atoms in total. The molecule has 0 radical (unpaired) electrons. The first-order chi connectivity index (χ1) is 20.0. The zero-order chi connectivity index (χ0) is 28.1. The number of hydrogen-bond donors (Lipinski definition) is 0. The Morgan fingerprint density at radius 3 is 2.37 bits per heavy atom. The molecule has 0 N–H and O–H groups in total. The summed E-state index contributed by atoms with van der Waals surface area (Å²) < 4.78 is 23.2. The maximum Gasteiger partial charge on any atom is 0.337 e.